The van der Waals surface area contributed by atoms with Crippen LogP contribution in [0.4, 0.5) is 13.2 Å². The number of aryl methyl sites for hydroxylation is 1. The van der Waals surface area contributed by atoms with E-state index in [1.54, 1.807) is 7.05 Å². The monoisotopic (exact) mass is 278 g/mol. The van der Waals surface area contributed by atoms with Gasteiger partial charge in [-0.2, -0.15) is 18.3 Å². The molecule has 0 radical (unpaired) electrons. The minimum Gasteiger partial charge on any atom is -0.268 e. The van der Waals surface area contributed by atoms with Gasteiger partial charge in [-0.15, -0.1) is 0 Å². The van der Waals surface area contributed by atoms with E-state index in [9.17, 15) is 13.2 Å². The van der Waals surface area contributed by atoms with Crippen molar-refractivity contribution in [1.29, 1.82) is 0 Å². The highest BCUT2D eigenvalue weighted by molar-refractivity contribution is 9.10. The number of halogens is 4. The van der Waals surface area contributed by atoms with Crippen LogP contribution in [-0.4, -0.2) is 9.78 Å². The van der Waals surface area contributed by atoms with E-state index in [2.05, 4.69) is 21.0 Å². The van der Waals surface area contributed by atoms with Gasteiger partial charge in [-0.3, -0.25) is 4.68 Å². The number of benzene rings is 1. The second-order valence-corrected chi connectivity index (χ2v) is 4.01. The summed E-state index contributed by atoms with van der Waals surface area (Å²) in [6, 6.07) is 2.15. The molecule has 2 nitrogen and oxygen atoms in total. The molecule has 0 aliphatic rings. The lowest BCUT2D eigenvalue weighted by Crippen LogP contribution is -2.05. The average molecular weight is 279 g/mol. The van der Waals surface area contributed by atoms with E-state index >= 15 is 0 Å². The molecule has 0 aliphatic heterocycles. The van der Waals surface area contributed by atoms with Crippen LogP contribution in [0.1, 0.15) is 5.56 Å². The molecule has 1 aromatic carbocycles. The molecule has 15 heavy (non-hydrogen) atoms. The first-order valence-electron chi connectivity index (χ1n) is 4.08. The Hall–Kier alpha value is -1.04. The number of nitrogens with zero attached hydrogens (tertiary/aromatic N) is 2. The van der Waals surface area contributed by atoms with E-state index in [0.717, 1.165) is 12.1 Å². The molecule has 0 saturated heterocycles. The fraction of sp³-hybridized carbons (Fsp3) is 0.222. The lowest BCUT2D eigenvalue weighted by Gasteiger charge is -2.07. The van der Waals surface area contributed by atoms with Crippen molar-refractivity contribution in [3.63, 3.8) is 0 Å². The van der Waals surface area contributed by atoms with Gasteiger partial charge in [0.2, 0.25) is 0 Å². The van der Waals surface area contributed by atoms with Crippen molar-refractivity contribution in [2.24, 2.45) is 7.05 Å². The largest absolute Gasteiger partial charge is 0.416 e. The first-order valence-corrected chi connectivity index (χ1v) is 4.87. The second-order valence-electron chi connectivity index (χ2n) is 3.16. The number of hydrogen-bond acceptors (Lipinski definition) is 1. The molecule has 0 unspecified atom stereocenters. The molecule has 0 aliphatic carbocycles. The molecule has 0 amide bonds. The molecule has 0 bridgehead atoms. The van der Waals surface area contributed by atoms with Crippen molar-refractivity contribution in [3.05, 3.63) is 28.4 Å². The van der Waals surface area contributed by atoms with Crippen molar-refractivity contribution in [3.8, 4) is 0 Å². The van der Waals surface area contributed by atoms with Gasteiger partial charge >= 0.3 is 6.18 Å². The SMILES string of the molecule is Cn1ncc2c(Br)cc(C(F)(F)F)cc21. The standard InChI is InChI=1S/C9H6BrF3N2/c1-15-8-3-5(9(11,12)13)2-7(10)6(8)4-14-15/h2-4H,1H3. The minimum absolute atomic E-state index is 0.403. The summed E-state index contributed by atoms with van der Waals surface area (Å²) < 4.78 is 39.3. The van der Waals surface area contributed by atoms with Crippen LogP contribution < -0.4 is 0 Å². The number of alkyl halides is 3. The van der Waals surface area contributed by atoms with Crippen molar-refractivity contribution >= 4 is 26.8 Å². The molecule has 80 valence electrons. The Kier molecular flexibility index (Phi) is 2.26. The van der Waals surface area contributed by atoms with Gasteiger partial charge in [0.25, 0.3) is 0 Å². The van der Waals surface area contributed by atoms with Crippen LogP contribution in [0.2, 0.25) is 0 Å². The fourth-order valence-electron chi connectivity index (χ4n) is 1.37. The molecule has 2 aromatic rings. The predicted octanol–water partition coefficient (Wildman–Crippen LogP) is 3.35. The first kappa shape index (κ1) is 10.5. The molecule has 6 heteroatoms. The molecule has 1 aromatic heterocycles. The average Bonchev–Trinajstić information content (AvgIpc) is 2.47. The summed E-state index contributed by atoms with van der Waals surface area (Å²) in [5.41, 5.74) is -0.220. The van der Waals surface area contributed by atoms with Crippen LogP contribution in [0.25, 0.3) is 10.9 Å². The van der Waals surface area contributed by atoms with Crippen LogP contribution in [0.3, 0.4) is 0 Å². The van der Waals surface area contributed by atoms with Gasteiger partial charge < -0.3 is 0 Å². The highest BCUT2D eigenvalue weighted by Gasteiger charge is 2.31. The van der Waals surface area contributed by atoms with Crippen LogP contribution in [0, 0.1) is 0 Å². The van der Waals surface area contributed by atoms with E-state index in [4.69, 9.17) is 0 Å². The van der Waals surface area contributed by atoms with E-state index < -0.39 is 11.7 Å². The number of fused-ring (bicyclic) bond motifs is 1. The third-order valence-electron chi connectivity index (χ3n) is 2.14. The normalized spacial score (nSPS) is 12.3. The number of hydrogen-bond donors (Lipinski definition) is 0. The molecule has 1 heterocycles. The van der Waals surface area contributed by atoms with E-state index in [0.29, 0.717) is 15.4 Å². The number of aromatic nitrogens is 2. The summed E-state index contributed by atoms with van der Waals surface area (Å²) in [5, 5.41) is 4.57. The first-order chi connectivity index (χ1) is 6.89. The molecular formula is C9H6BrF3N2. The quantitative estimate of drug-likeness (QED) is 0.723. The lowest BCUT2D eigenvalue weighted by molar-refractivity contribution is -0.137. The van der Waals surface area contributed by atoms with Crippen LogP contribution >= 0.6 is 15.9 Å². The second kappa shape index (κ2) is 3.23. The van der Waals surface area contributed by atoms with Gasteiger partial charge in [0.05, 0.1) is 17.3 Å². The Morgan fingerprint density at radius 3 is 2.60 bits per heavy atom. The predicted molar refractivity (Wildman–Crippen MR) is 53.4 cm³/mol. The molecule has 0 fully saturated rings. The summed E-state index contributed by atoms with van der Waals surface area (Å²) in [4.78, 5) is 0. The third kappa shape index (κ3) is 1.73. The lowest BCUT2D eigenvalue weighted by atomic mass is 10.1. The van der Waals surface area contributed by atoms with Gasteiger partial charge in [0, 0.05) is 16.9 Å². The molecule has 2 rings (SSSR count). The Morgan fingerprint density at radius 1 is 1.33 bits per heavy atom. The Morgan fingerprint density at radius 2 is 2.00 bits per heavy atom. The molecule has 0 spiro atoms. The molecule has 0 saturated carbocycles. The summed E-state index contributed by atoms with van der Waals surface area (Å²) in [5.74, 6) is 0. The zero-order valence-electron chi connectivity index (χ0n) is 7.64. The zero-order chi connectivity index (χ0) is 11.2. The summed E-state index contributed by atoms with van der Waals surface area (Å²) >= 11 is 3.10. The molecule has 0 N–H and O–H groups in total. The Bertz CT molecular complexity index is 516. The van der Waals surface area contributed by atoms with Gasteiger partial charge in [0.15, 0.2) is 0 Å². The van der Waals surface area contributed by atoms with Crippen molar-refractivity contribution in [2.75, 3.05) is 0 Å². The van der Waals surface area contributed by atoms with Crippen molar-refractivity contribution in [1.82, 2.24) is 9.78 Å². The fourth-order valence-corrected chi connectivity index (χ4v) is 1.92. The van der Waals surface area contributed by atoms with Gasteiger partial charge in [0.1, 0.15) is 0 Å². The highest BCUT2D eigenvalue weighted by atomic mass is 79.9. The highest BCUT2D eigenvalue weighted by Crippen LogP contribution is 2.34. The van der Waals surface area contributed by atoms with Crippen molar-refractivity contribution in [2.45, 2.75) is 6.18 Å². The van der Waals surface area contributed by atoms with Crippen LogP contribution in [0.5, 0.6) is 0 Å². The zero-order valence-corrected chi connectivity index (χ0v) is 9.22. The van der Waals surface area contributed by atoms with Crippen LogP contribution in [-0.2, 0) is 13.2 Å². The summed E-state index contributed by atoms with van der Waals surface area (Å²) in [6.07, 6.45) is -2.81. The Labute approximate surface area is 91.8 Å². The maximum absolute atomic E-state index is 12.5. The molecule has 0 atom stereocenters. The summed E-state index contributed by atoms with van der Waals surface area (Å²) in [6.45, 7) is 0. The third-order valence-corrected chi connectivity index (χ3v) is 2.80. The van der Waals surface area contributed by atoms with Gasteiger partial charge in [-0.1, -0.05) is 15.9 Å². The van der Waals surface area contributed by atoms with Crippen LogP contribution in [0.15, 0.2) is 22.8 Å². The minimum atomic E-state index is -4.33. The Balaban J connectivity index is 2.76. The van der Waals surface area contributed by atoms with Gasteiger partial charge in [-0.25, -0.2) is 0 Å². The maximum Gasteiger partial charge on any atom is 0.416 e. The molecular weight excluding hydrogens is 273 g/mol. The maximum atomic E-state index is 12.5. The topological polar surface area (TPSA) is 17.8 Å². The van der Waals surface area contributed by atoms with E-state index in [1.165, 1.54) is 10.9 Å². The van der Waals surface area contributed by atoms with E-state index in [-0.39, 0.29) is 0 Å². The summed E-state index contributed by atoms with van der Waals surface area (Å²) in [7, 11) is 1.61. The van der Waals surface area contributed by atoms with E-state index in [1.807, 2.05) is 0 Å². The van der Waals surface area contributed by atoms with Gasteiger partial charge in [-0.05, 0) is 12.1 Å². The smallest absolute Gasteiger partial charge is 0.268 e. The van der Waals surface area contributed by atoms with Crippen molar-refractivity contribution < 1.29 is 13.2 Å². The number of rotatable bonds is 0.